The number of fused-ring (bicyclic) bond motifs is 5. The monoisotopic (exact) mass is 543 g/mol. The Hall–Kier alpha value is -3.97. The quantitative estimate of drug-likeness (QED) is 0.461. The van der Waals surface area contributed by atoms with Crippen LogP contribution in [0, 0.1) is 6.92 Å². The summed E-state index contributed by atoms with van der Waals surface area (Å²) in [6.45, 7) is 2.71. The number of halogens is 1. The van der Waals surface area contributed by atoms with Crippen LogP contribution in [0.15, 0.2) is 40.2 Å². The first kappa shape index (κ1) is 25.7. The van der Waals surface area contributed by atoms with Gasteiger partial charge in [0.05, 0.1) is 36.6 Å². The third-order valence-corrected chi connectivity index (χ3v) is 6.76. The molecule has 2 aliphatic heterocycles. The SMILES string of the molecule is Cc1cn(CC(=O)N2C[C@@H]3NC(=O)c4ccc(Cl)c(c4)OCCCn4cc(nn4)CO[C@H]3C2)c(=O)[nH]c1=O. The minimum absolute atomic E-state index is 0.138. The molecule has 38 heavy (non-hydrogen) atoms. The second kappa shape index (κ2) is 10.8. The molecule has 1 fully saturated rings. The van der Waals surface area contributed by atoms with Gasteiger partial charge in [0.2, 0.25) is 5.91 Å². The zero-order valence-corrected chi connectivity index (χ0v) is 21.3. The van der Waals surface area contributed by atoms with Crippen molar-refractivity contribution in [2.75, 3.05) is 19.7 Å². The highest BCUT2D eigenvalue weighted by Gasteiger charge is 2.37. The Morgan fingerprint density at radius 3 is 2.89 bits per heavy atom. The lowest BCUT2D eigenvalue weighted by Gasteiger charge is -2.20. The number of nitrogens with zero attached hydrogens (tertiary/aromatic N) is 5. The van der Waals surface area contributed by atoms with Crippen LogP contribution in [0.4, 0.5) is 0 Å². The second-order valence-corrected chi connectivity index (χ2v) is 9.65. The molecule has 0 saturated carbocycles. The lowest BCUT2D eigenvalue weighted by molar-refractivity contribution is -0.131. The summed E-state index contributed by atoms with van der Waals surface area (Å²) in [7, 11) is 0. The van der Waals surface area contributed by atoms with Gasteiger partial charge in [0.1, 0.15) is 18.0 Å². The van der Waals surface area contributed by atoms with Crippen LogP contribution in [-0.2, 0) is 29.2 Å². The van der Waals surface area contributed by atoms with Gasteiger partial charge < -0.3 is 19.7 Å². The zero-order chi connectivity index (χ0) is 26.8. The van der Waals surface area contributed by atoms with E-state index in [4.69, 9.17) is 21.1 Å². The number of hydrogen-bond donors (Lipinski definition) is 2. The van der Waals surface area contributed by atoms with Gasteiger partial charge in [0, 0.05) is 43.4 Å². The van der Waals surface area contributed by atoms with Gasteiger partial charge in [0.25, 0.3) is 11.5 Å². The molecule has 1 saturated heterocycles. The van der Waals surface area contributed by atoms with Crippen molar-refractivity contribution in [3.63, 3.8) is 0 Å². The molecule has 2 aromatic heterocycles. The Labute approximate surface area is 221 Å². The summed E-state index contributed by atoms with van der Waals surface area (Å²) >= 11 is 6.26. The molecule has 3 aromatic rings. The normalized spacial score (nSPS) is 19.9. The minimum Gasteiger partial charge on any atom is -0.492 e. The summed E-state index contributed by atoms with van der Waals surface area (Å²) in [6, 6.07) is 4.24. The Morgan fingerprint density at radius 2 is 2.05 bits per heavy atom. The maximum Gasteiger partial charge on any atom is 0.328 e. The molecule has 14 heteroatoms. The molecule has 2 aliphatic rings. The molecule has 5 rings (SSSR count). The third-order valence-electron chi connectivity index (χ3n) is 6.44. The Balaban J connectivity index is 1.38. The third kappa shape index (κ3) is 5.63. The van der Waals surface area contributed by atoms with Crippen molar-refractivity contribution in [1.82, 2.24) is 34.8 Å². The maximum atomic E-state index is 13.1. The van der Waals surface area contributed by atoms with Crippen LogP contribution in [0.1, 0.15) is 28.0 Å². The van der Waals surface area contributed by atoms with Crippen LogP contribution in [0.2, 0.25) is 5.02 Å². The zero-order valence-electron chi connectivity index (χ0n) is 20.6. The molecular weight excluding hydrogens is 518 g/mol. The number of carbonyl (C=O) groups is 2. The van der Waals surface area contributed by atoms with Gasteiger partial charge in [-0.1, -0.05) is 16.8 Å². The number of aryl methyl sites for hydroxylation is 2. The van der Waals surface area contributed by atoms with Crippen molar-refractivity contribution in [1.29, 1.82) is 0 Å². The van der Waals surface area contributed by atoms with Crippen LogP contribution in [0.25, 0.3) is 0 Å². The van der Waals surface area contributed by atoms with Gasteiger partial charge in [-0.25, -0.2) is 4.79 Å². The van der Waals surface area contributed by atoms with E-state index in [0.29, 0.717) is 47.2 Å². The number of rotatable bonds is 2. The van der Waals surface area contributed by atoms with Crippen molar-refractivity contribution >= 4 is 23.4 Å². The number of carbonyl (C=O) groups excluding carboxylic acids is 2. The molecule has 0 radical (unpaired) electrons. The molecule has 2 atom stereocenters. The number of hydrogen-bond acceptors (Lipinski definition) is 8. The van der Waals surface area contributed by atoms with Gasteiger partial charge in [-0.2, -0.15) is 0 Å². The van der Waals surface area contributed by atoms with Gasteiger partial charge in [-0.05, 0) is 25.1 Å². The van der Waals surface area contributed by atoms with Crippen LogP contribution < -0.4 is 21.3 Å². The molecule has 1 aromatic carbocycles. The Kier molecular flexibility index (Phi) is 7.29. The molecule has 4 bridgehead atoms. The fourth-order valence-corrected chi connectivity index (χ4v) is 4.56. The van der Waals surface area contributed by atoms with Crippen molar-refractivity contribution in [3.05, 3.63) is 73.3 Å². The largest absolute Gasteiger partial charge is 0.492 e. The molecule has 0 unspecified atom stereocenters. The fraction of sp³-hybridized carbons (Fsp3) is 0.417. The van der Waals surface area contributed by atoms with Crippen molar-refractivity contribution in [3.8, 4) is 5.75 Å². The standard InChI is InChI=1S/C24H26ClN7O6/c1-14-8-31(24(36)27-22(14)34)12-21(33)30-10-18-20(11-30)38-13-16-9-32(29-28-16)5-2-6-37-19-7-15(23(35)26-18)3-4-17(19)25/h3-4,7-9,18,20H,2,5-6,10-13H2,1H3,(H,26,35)(H,27,34,36)/t18-,20-/m0/s1. The minimum atomic E-state index is -0.674. The highest BCUT2D eigenvalue weighted by atomic mass is 35.5. The molecule has 0 aliphatic carbocycles. The molecule has 200 valence electrons. The average molecular weight is 544 g/mol. The van der Waals surface area contributed by atoms with E-state index in [-0.39, 0.29) is 38.1 Å². The van der Waals surface area contributed by atoms with Crippen molar-refractivity contribution in [2.45, 2.75) is 45.2 Å². The summed E-state index contributed by atoms with van der Waals surface area (Å²) in [6.07, 6.45) is 3.22. The Bertz CT molecular complexity index is 1480. The molecule has 13 nitrogen and oxygen atoms in total. The predicted molar refractivity (Wildman–Crippen MR) is 134 cm³/mol. The van der Waals surface area contributed by atoms with Gasteiger partial charge in [-0.15, -0.1) is 5.10 Å². The molecular formula is C24H26ClN7O6. The van der Waals surface area contributed by atoms with E-state index in [1.807, 2.05) is 0 Å². The number of nitrogens with one attached hydrogen (secondary N) is 2. The number of aromatic nitrogens is 5. The smallest absolute Gasteiger partial charge is 0.328 e. The first-order valence-electron chi connectivity index (χ1n) is 12.1. The highest BCUT2D eigenvalue weighted by Crippen LogP contribution is 2.26. The lowest BCUT2D eigenvalue weighted by atomic mass is 10.1. The summed E-state index contributed by atoms with van der Waals surface area (Å²) < 4.78 is 14.7. The number of amides is 2. The van der Waals surface area contributed by atoms with Crippen LogP contribution >= 0.6 is 11.6 Å². The van der Waals surface area contributed by atoms with Crippen molar-refractivity contribution < 1.29 is 19.1 Å². The van der Waals surface area contributed by atoms with Crippen molar-refractivity contribution in [2.24, 2.45) is 0 Å². The number of ether oxygens (including phenoxy) is 2. The summed E-state index contributed by atoms with van der Waals surface area (Å²) in [4.78, 5) is 53.8. The topological polar surface area (TPSA) is 153 Å². The summed E-state index contributed by atoms with van der Waals surface area (Å²) in [5, 5.41) is 11.6. The van der Waals surface area contributed by atoms with E-state index in [9.17, 15) is 19.2 Å². The van der Waals surface area contributed by atoms with Gasteiger partial charge >= 0.3 is 5.69 Å². The summed E-state index contributed by atoms with van der Waals surface area (Å²) in [5.41, 5.74) is 0.0999. The van der Waals surface area contributed by atoms with E-state index in [2.05, 4.69) is 20.6 Å². The van der Waals surface area contributed by atoms with Crippen LogP contribution in [0.3, 0.4) is 0 Å². The second-order valence-electron chi connectivity index (χ2n) is 9.25. The van der Waals surface area contributed by atoms with Crippen LogP contribution in [0.5, 0.6) is 5.75 Å². The number of H-pyrrole nitrogens is 1. The Morgan fingerprint density at radius 1 is 1.21 bits per heavy atom. The van der Waals surface area contributed by atoms with E-state index in [1.54, 1.807) is 36.0 Å². The maximum absolute atomic E-state index is 13.1. The number of benzene rings is 1. The highest BCUT2D eigenvalue weighted by molar-refractivity contribution is 6.32. The molecule has 0 spiro atoms. The first-order chi connectivity index (χ1) is 18.3. The first-order valence-corrected chi connectivity index (χ1v) is 12.5. The van der Waals surface area contributed by atoms with E-state index >= 15 is 0 Å². The number of likely N-dealkylation sites (tertiary alicyclic amines) is 1. The molecule has 2 N–H and O–H groups in total. The molecule has 2 amide bonds. The summed E-state index contributed by atoms with van der Waals surface area (Å²) in [5.74, 6) is -0.337. The van der Waals surface area contributed by atoms with E-state index in [1.165, 1.54) is 11.1 Å². The van der Waals surface area contributed by atoms with Crippen LogP contribution in [-0.4, -0.2) is 73.1 Å². The lowest BCUT2D eigenvalue weighted by Crippen LogP contribution is -2.44. The predicted octanol–water partition coefficient (Wildman–Crippen LogP) is 0.0986. The van der Waals surface area contributed by atoms with Gasteiger partial charge in [0.15, 0.2) is 0 Å². The molecule has 4 heterocycles. The number of aromatic amines is 1. The van der Waals surface area contributed by atoms with E-state index < -0.39 is 23.4 Å². The fourth-order valence-electron chi connectivity index (χ4n) is 4.39. The van der Waals surface area contributed by atoms with Gasteiger partial charge in [-0.3, -0.25) is 28.6 Å². The average Bonchev–Trinajstić information content (AvgIpc) is 3.51. The van der Waals surface area contributed by atoms with E-state index in [0.717, 1.165) is 4.57 Å².